The van der Waals surface area contributed by atoms with E-state index in [1.165, 1.54) is 0 Å². The molecule has 0 aromatic heterocycles. The summed E-state index contributed by atoms with van der Waals surface area (Å²) in [7, 11) is 0. The van der Waals surface area contributed by atoms with E-state index in [0.717, 1.165) is 0 Å². The summed E-state index contributed by atoms with van der Waals surface area (Å²) in [5.41, 5.74) is 0. The van der Waals surface area contributed by atoms with Crippen LogP contribution in [0.15, 0.2) is 0 Å². The number of aliphatic hydroxyl groups excluding tert-OH is 10. The minimum atomic E-state index is -2.39. The molecular formula is C18H32O16. The van der Waals surface area contributed by atoms with Gasteiger partial charge in [0.25, 0.3) is 0 Å². The van der Waals surface area contributed by atoms with Crippen LogP contribution in [0, 0.1) is 0 Å². The van der Waals surface area contributed by atoms with Gasteiger partial charge in [0.2, 0.25) is 11.6 Å². The van der Waals surface area contributed by atoms with Gasteiger partial charge in [-0.3, -0.25) is 0 Å². The topological polar surface area (TPSA) is 269 Å². The Labute approximate surface area is 192 Å². The molecule has 0 aromatic carbocycles. The van der Waals surface area contributed by atoms with E-state index >= 15 is 0 Å². The number of rotatable bonds is 9. The standard InChI is InChI=1S/C18H32O16/c19-1-6-9(22)12(25)13(26)16(31-6)34-18(4-21)15(28)11(24)8(33-18)3-30-5-17(29)14(27)10(23)7(2-20)32-17/h6-16,19-29H,1-5H2. The molecule has 0 bridgehead atoms. The predicted molar refractivity (Wildman–Crippen MR) is 101 cm³/mol. The quantitative estimate of drug-likeness (QED) is 0.139. The first-order valence-electron chi connectivity index (χ1n) is 10.5. The third-order valence-corrected chi connectivity index (χ3v) is 6.18. The molecule has 0 aromatic rings. The molecule has 3 rings (SSSR count). The Morgan fingerprint density at radius 3 is 1.85 bits per heavy atom. The molecular weight excluding hydrogens is 472 g/mol. The predicted octanol–water partition coefficient (Wildman–Crippen LogP) is -7.57. The van der Waals surface area contributed by atoms with Crippen LogP contribution in [0.5, 0.6) is 0 Å². The summed E-state index contributed by atoms with van der Waals surface area (Å²) < 4.78 is 26.2. The zero-order valence-corrected chi connectivity index (χ0v) is 17.8. The van der Waals surface area contributed by atoms with E-state index < -0.39 is 112 Å². The lowest BCUT2D eigenvalue weighted by Gasteiger charge is -2.43. The van der Waals surface area contributed by atoms with Crippen LogP contribution in [0.25, 0.3) is 0 Å². The Balaban J connectivity index is 1.63. The van der Waals surface area contributed by atoms with Gasteiger partial charge in [-0.1, -0.05) is 0 Å². The molecule has 0 spiro atoms. The van der Waals surface area contributed by atoms with Gasteiger partial charge in [-0.2, -0.15) is 0 Å². The summed E-state index contributed by atoms with van der Waals surface area (Å²) in [6, 6.07) is 0. The van der Waals surface area contributed by atoms with E-state index in [1.54, 1.807) is 0 Å². The zero-order valence-electron chi connectivity index (χ0n) is 17.8. The second kappa shape index (κ2) is 10.8. The Hall–Kier alpha value is -0.640. The monoisotopic (exact) mass is 504 g/mol. The van der Waals surface area contributed by atoms with Crippen LogP contribution in [0.4, 0.5) is 0 Å². The Kier molecular flexibility index (Phi) is 8.85. The van der Waals surface area contributed by atoms with Crippen molar-refractivity contribution >= 4 is 0 Å². The molecule has 200 valence electrons. The molecule has 3 aliphatic rings. The lowest BCUT2D eigenvalue weighted by atomic mass is 9.99. The van der Waals surface area contributed by atoms with Gasteiger partial charge in [0, 0.05) is 0 Å². The first-order chi connectivity index (χ1) is 15.9. The zero-order chi connectivity index (χ0) is 25.4. The van der Waals surface area contributed by atoms with Crippen LogP contribution in [0.3, 0.4) is 0 Å². The SMILES string of the molecule is OCC1OC(OC2(CO)OC(COCC3(O)OC(CO)C(O)C3O)C(O)C2O)C(O)C(O)C1O. The molecule has 0 saturated carbocycles. The summed E-state index contributed by atoms with van der Waals surface area (Å²) in [6.07, 6.45) is -18.3. The average Bonchev–Trinajstić information content (AvgIpc) is 3.19. The van der Waals surface area contributed by atoms with Crippen molar-refractivity contribution in [2.45, 2.75) is 78.9 Å². The lowest BCUT2D eigenvalue weighted by Crippen LogP contribution is -2.62. The minimum absolute atomic E-state index is 0.559. The molecule has 34 heavy (non-hydrogen) atoms. The molecule has 0 amide bonds. The van der Waals surface area contributed by atoms with E-state index in [9.17, 15) is 51.1 Å². The van der Waals surface area contributed by atoms with Crippen LogP contribution in [0.2, 0.25) is 0 Å². The Morgan fingerprint density at radius 2 is 1.29 bits per heavy atom. The molecule has 16 nitrogen and oxygen atoms in total. The molecule has 3 saturated heterocycles. The summed E-state index contributed by atoms with van der Waals surface area (Å²) in [4.78, 5) is 0. The van der Waals surface area contributed by atoms with Crippen molar-refractivity contribution in [1.29, 1.82) is 0 Å². The largest absolute Gasteiger partial charge is 0.394 e. The van der Waals surface area contributed by atoms with Gasteiger partial charge in [-0.15, -0.1) is 0 Å². The molecule has 16 heteroatoms. The van der Waals surface area contributed by atoms with Crippen LogP contribution in [-0.4, -0.2) is 168 Å². The van der Waals surface area contributed by atoms with E-state index in [-0.39, 0.29) is 0 Å². The summed E-state index contributed by atoms with van der Waals surface area (Å²) in [5.74, 6) is -4.78. The van der Waals surface area contributed by atoms with Gasteiger partial charge in [-0.05, 0) is 0 Å². The number of hydrogen-bond donors (Lipinski definition) is 11. The fourth-order valence-corrected chi connectivity index (χ4v) is 4.08. The van der Waals surface area contributed by atoms with Gasteiger partial charge in [0.1, 0.15) is 74.3 Å². The number of ether oxygens (including phenoxy) is 5. The van der Waals surface area contributed by atoms with E-state index in [4.69, 9.17) is 28.8 Å². The van der Waals surface area contributed by atoms with Crippen molar-refractivity contribution in [3.05, 3.63) is 0 Å². The van der Waals surface area contributed by atoms with Gasteiger partial charge in [0.15, 0.2) is 6.29 Å². The van der Waals surface area contributed by atoms with E-state index in [2.05, 4.69) is 0 Å². The maximum atomic E-state index is 10.5. The summed E-state index contributed by atoms with van der Waals surface area (Å²) in [6.45, 7) is -3.83. The highest BCUT2D eigenvalue weighted by atomic mass is 16.8. The first kappa shape index (κ1) is 27.9. The van der Waals surface area contributed by atoms with Gasteiger partial charge in [-0.25, -0.2) is 0 Å². The molecule has 3 aliphatic heterocycles. The summed E-state index contributed by atoms with van der Waals surface area (Å²) in [5, 5.41) is 109. The van der Waals surface area contributed by atoms with Crippen LogP contribution in [0.1, 0.15) is 0 Å². The molecule has 0 radical (unpaired) electrons. The van der Waals surface area contributed by atoms with Gasteiger partial charge in [0.05, 0.1) is 19.8 Å². The van der Waals surface area contributed by atoms with Crippen molar-refractivity contribution in [1.82, 2.24) is 0 Å². The second-order valence-electron chi connectivity index (χ2n) is 8.51. The average molecular weight is 504 g/mol. The minimum Gasteiger partial charge on any atom is -0.394 e. The lowest BCUT2D eigenvalue weighted by molar-refractivity contribution is -0.384. The highest BCUT2D eigenvalue weighted by Crippen LogP contribution is 2.36. The maximum absolute atomic E-state index is 10.5. The molecule has 3 heterocycles. The molecule has 13 unspecified atom stereocenters. The van der Waals surface area contributed by atoms with Crippen molar-refractivity contribution in [3.63, 3.8) is 0 Å². The van der Waals surface area contributed by atoms with Crippen LogP contribution in [-0.2, 0) is 23.7 Å². The molecule has 0 aliphatic carbocycles. The van der Waals surface area contributed by atoms with Crippen molar-refractivity contribution in [2.75, 3.05) is 33.0 Å². The van der Waals surface area contributed by atoms with Crippen LogP contribution < -0.4 is 0 Å². The third kappa shape index (κ3) is 4.96. The third-order valence-electron chi connectivity index (χ3n) is 6.18. The van der Waals surface area contributed by atoms with Crippen LogP contribution >= 0.6 is 0 Å². The first-order valence-corrected chi connectivity index (χ1v) is 10.5. The molecule has 13 atom stereocenters. The molecule has 11 N–H and O–H groups in total. The van der Waals surface area contributed by atoms with Crippen molar-refractivity contribution in [2.24, 2.45) is 0 Å². The van der Waals surface area contributed by atoms with E-state index in [1.807, 2.05) is 0 Å². The van der Waals surface area contributed by atoms with Crippen molar-refractivity contribution in [3.8, 4) is 0 Å². The number of aliphatic hydroxyl groups is 11. The second-order valence-corrected chi connectivity index (χ2v) is 8.51. The Morgan fingerprint density at radius 1 is 0.676 bits per heavy atom. The van der Waals surface area contributed by atoms with E-state index in [0.29, 0.717) is 0 Å². The smallest absolute Gasteiger partial charge is 0.224 e. The molecule has 3 fully saturated rings. The van der Waals surface area contributed by atoms with Gasteiger partial charge >= 0.3 is 0 Å². The highest BCUT2D eigenvalue weighted by Gasteiger charge is 2.59. The van der Waals surface area contributed by atoms with Gasteiger partial charge < -0.3 is 79.9 Å². The normalized spacial score (nSPS) is 51.8. The van der Waals surface area contributed by atoms with Crippen molar-refractivity contribution < 1.29 is 79.9 Å². The Bertz CT molecular complexity index is 668. The summed E-state index contributed by atoms with van der Waals surface area (Å²) >= 11 is 0. The fraction of sp³-hybridized carbons (Fsp3) is 1.00. The number of hydrogen-bond acceptors (Lipinski definition) is 16. The maximum Gasteiger partial charge on any atom is 0.224 e. The fourth-order valence-electron chi connectivity index (χ4n) is 4.08. The highest BCUT2D eigenvalue weighted by molar-refractivity contribution is 4.99.